The highest BCUT2D eigenvalue weighted by Crippen LogP contribution is 2.19. The lowest BCUT2D eigenvalue weighted by Crippen LogP contribution is -2.13. The van der Waals surface area contributed by atoms with Gasteiger partial charge in [-0.15, -0.1) is 0 Å². The summed E-state index contributed by atoms with van der Waals surface area (Å²) in [5.41, 5.74) is 0.766. The van der Waals surface area contributed by atoms with Crippen LogP contribution < -0.4 is 5.32 Å². The number of hydrogen-bond donors (Lipinski definition) is 1. The first-order valence-electron chi connectivity index (χ1n) is 5.73. The molecule has 0 aliphatic heterocycles. The molecule has 2 aromatic rings. The fourth-order valence-corrected chi connectivity index (χ4v) is 1.72. The Bertz CT molecular complexity index is 656. The van der Waals surface area contributed by atoms with E-state index in [9.17, 15) is 9.18 Å². The highest BCUT2D eigenvalue weighted by Gasteiger charge is 2.15. The predicted octanol–water partition coefficient (Wildman–Crippen LogP) is 3.11. The van der Waals surface area contributed by atoms with Crippen molar-refractivity contribution in [2.24, 2.45) is 0 Å². The van der Waals surface area contributed by atoms with Gasteiger partial charge in [0.05, 0.1) is 23.1 Å². The molecule has 0 radical (unpaired) electrons. The summed E-state index contributed by atoms with van der Waals surface area (Å²) in [5, 5.41) is 11.5. The van der Waals surface area contributed by atoms with E-state index in [1.54, 1.807) is 6.07 Å². The number of benzene rings is 1. The number of nitrogens with one attached hydrogen (secondary N) is 1. The Morgan fingerprint density at radius 1 is 1.47 bits per heavy atom. The summed E-state index contributed by atoms with van der Waals surface area (Å²) in [7, 11) is 0. The first-order chi connectivity index (χ1) is 9.15. The van der Waals surface area contributed by atoms with E-state index in [2.05, 4.69) is 5.32 Å². The molecule has 1 aromatic carbocycles. The van der Waals surface area contributed by atoms with Crippen LogP contribution >= 0.6 is 0 Å². The van der Waals surface area contributed by atoms with Crippen LogP contribution in [0.1, 0.15) is 28.6 Å². The van der Waals surface area contributed by atoms with Crippen molar-refractivity contribution in [3.63, 3.8) is 0 Å². The average Bonchev–Trinajstić information content (AvgIpc) is 2.89. The third-order valence-electron chi connectivity index (χ3n) is 2.66. The maximum atomic E-state index is 13.0. The highest BCUT2D eigenvalue weighted by molar-refractivity contribution is 6.05. The molecule has 1 aromatic heterocycles. The molecule has 5 heteroatoms. The number of hydrogen-bond acceptors (Lipinski definition) is 3. The van der Waals surface area contributed by atoms with Gasteiger partial charge in [-0.1, -0.05) is 6.92 Å². The van der Waals surface area contributed by atoms with Gasteiger partial charge < -0.3 is 9.73 Å². The quantitative estimate of drug-likeness (QED) is 0.919. The van der Waals surface area contributed by atoms with Crippen LogP contribution in [0.3, 0.4) is 0 Å². The van der Waals surface area contributed by atoms with E-state index in [0.717, 1.165) is 6.07 Å². The van der Waals surface area contributed by atoms with Crippen LogP contribution in [0, 0.1) is 17.1 Å². The summed E-state index contributed by atoms with van der Waals surface area (Å²) in [6, 6.07) is 7.02. The topological polar surface area (TPSA) is 66.0 Å². The van der Waals surface area contributed by atoms with Crippen LogP contribution in [0.5, 0.6) is 0 Å². The van der Waals surface area contributed by atoms with Crippen LogP contribution in [0.15, 0.2) is 34.9 Å². The molecule has 0 unspecified atom stereocenters. The molecule has 4 nitrogen and oxygen atoms in total. The zero-order valence-corrected chi connectivity index (χ0v) is 10.2. The van der Waals surface area contributed by atoms with Crippen molar-refractivity contribution in [1.82, 2.24) is 0 Å². The number of aryl methyl sites for hydroxylation is 1. The number of halogens is 1. The Kier molecular flexibility index (Phi) is 3.62. The summed E-state index contributed by atoms with van der Waals surface area (Å²) in [4.78, 5) is 12.0. The maximum absolute atomic E-state index is 13.0. The molecule has 0 spiro atoms. The van der Waals surface area contributed by atoms with Gasteiger partial charge in [-0.05, 0) is 24.3 Å². The van der Waals surface area contributed by atoms with Gasteiger partial charge in [-0.25, -0.2) is 4.39 Å². The summed E-state index contributed by atoms with van der Waals surface area (Å²) < 4.78 is 18.1. The number of furan rings is 1. The summed E-state index contributed by atoms with van der Waals surface area (Å²) >= 11 is 0. The van der Waals surface area contributed by atoms with Crippen LogP contribution in [-0.2, 0) is 6.42 Å². The van der Waals surface area contributed by atoms with Crippen molar-refractivity contribution in [3.8, 4) is 6.07 Å². The van der Waals surface area contributed by atoms with Gasteiger partial charge in [-0.2, -0.15) is 5.26 Å². The van der Waals surface area contributed by atoms with Gasteiger partial charge in [0.2, 0.25) is 0 Å². The van der Waals surface area contributed by atoms with E-state index in [1.807, 2.05) is 13.0 Å². The second-order valence-corrected chi connectivity index (χ2v) is 3.87. The second kappa shape index (κ2) is 5.36. The summed E-state index contributed by atoms with van der Waals surface area (Å²) in [6.45, 7) is 1.87. The molecule has 0 saturated heterocycles. The summed E-state index contributed by atoms with van der Waals surface area (Å²) in [5.74, 6) is -0.334. The molecule has 0 aliphatic rings. The smallest absolute Gasteiger partial charge is 0.259 e. The maximum Gasteiger partial charge on any atom is 0.259 e. The Morgan fingerprint density at radius 2 is 2.26 bits per heavy atom. The molecule has 1 amide bonds. The van der Waals surface area contributed by atoms with E-state index in [1.165, 1.54) is 18.4 Å². The van der Waals surface area contributed by atoms with E-state index in [-0.39, 0.29) is 17.2 Å². The van der Waals surface area contributed by atoms with Gasteiger partial charge in [0.25, 0.3) is 5.91 Å². The molecule has 96 valence electrons. The molecule has 0 fully saturated rings. The molecule has 0 saturated carbocycles. The lowest BCUT2D eigenvalue weighted by atomic mass is 10.1. The van der Waals surface area contributed by atoms with Gasteiger partial charge in [0.1, 0.15) is 17.6 Å². The largest absolute Gasteiger partial charge is 0.469 e. The first kappa shape index (κ1) is 12.8. The van der Waals surface area contributed by atoms with E-state index in [4.69, 9.17) is 9.68 Å². The molecule has 19 heavy (non-hydrogen) atoms. The van der Waals surface area contributed by atoms with Crippen LogP contribution in [0.2, 0.25) is 0 Å². The monoisotopic (exact) mass is 258 g/mol. The van der Waals surface area contributed by atoms with E-state index < -0.39 is 5.82 Å². The third kappa shape index (κ3) is 2.63. The number of carbonyl (C=O) groups is 1. The predicted molar refractivity (Wildman–Crippen MR) is 67.2 cm³/mol. The van der Waals surface area contributed by atoms with Crippen molar-refractivity contribution in [1.29, 1.82) is 5.26 Å². The molecular weight excluding hydrogens is 247 g/mol. The summed E-state index contributed by atoms with van der Waals surface area (Å²) in [6.07, 6.45) is 2.02. The second-order valence-electron chi connectivity index (χ2n) is 3.87. The zero-order valence-electron chi connectivity index (χ0n) is 10.2. The molecule has 0 atom stereocenters. The number of rotatable bonds is 3. The van der Waals surface area contributed by atoms with E-state index >= 15 is 0 Å². The Balaban J connectivity index is 2.27. The van der Waals surface area contributed by atoms with Crippen molar-refractivity contribution < 1.29 is 13.6 Å². The van der Waals surface area contributed by atoms with Gasteiger partial charge in [-0.3, -0.25) is 4.79 Å². The zero-order chi connectivity index (χ0) is 13.8. The van der Waals surface area contributed by atoms with Crippen LogP contribution in [0.4, 0.5) is 10.1 Å². The SMILES string of the molecule is CCc1occc1C(=O)Nc1ccc(F)cc1C#N. The number of nitriles is 1. The highest BCUT2D eigenvalue weighted by atomic mass is 19.1. The fraction of sp³-hybridized carbons (Fsp3) is 0.143. The minimum Gasteiger partial charge on any atom is -0.469 e. The van der Waals surface area contributed by atoms with Crippen LogP contribution in [-0.4, -0.2) is 5.91 Å². The Labute approximate surface area is 109 Å². The third-order valence-corrected chi connectivity index (χ3v) is 2.66. The van der Waals surface area contributed by atoms with Crippen molar-refractivity contribution >= 4 is 11.6 Å². The molecule has 0 aliphatic carbocycles. The van der Waals surface area contributed by atoms with Gasteiger partial charge in [0, 0.05) is 6.42 Å². The number of anilines is 1. The first-order valence-corrected chi connectivity index (χ1v) is 5.73. The van der Waals surface area contributed by atoms with Crippen molar-refractivity contribution in [3.05, 3.63) is 53.2 Å². The number of amides is 1. The lowest BCUT2D eigenvalue weighted by Gasteiger charge is -2.06. The van der Waals surface area contributed by atoms with Crippen LogP contribution in [0.25, 0.3) is 0 Å². The fourth-order valence-electron chi connectivity index (χ4n) is 1.72. The molecule has 1 heterocycles. The molecule has 0 bridgehead atoms. The van der Waals surface area contributed by atoms with E-state index in [0.29, 0.717) is 17.7 Å². The molecule has 2 rings (SSSR count). The van der Waals surface area contributed by atoms with Gasteiger partial charge in [0.15, 0.2) is 0 Å². The Hall–Kier alpha value is -2.61. The molecular formula is C14H11FN2O2. The normalized spacial score (nSPS) is 9.95. The Morgan fingerprint density at radius 3 is 2.95 bits per heavy atom. The number of carbonyl (C=O) groups excluding carboxylic acids is 1. The van der Waals surface area contributed by atoms with Gasteiger partial charge >= 0.3 is 0 Å². The number of nitrogens with zero attached hydrogens (tertiary/aromatic N) is 1. The average molecular weight is 258 g/mol. The standard InChI is InChI=1S/C14H11FN2O2/c1-2-13-11(5-6-19-13)14(18)17-12-4-3-10(15)7-9(12)8-16/h3-7H,2H2,1H3,(H,17,18). The van der Waals surface area contributed by atoms with Crippen molar-refractivity contribution in [2.45, 2.75) is 13.3 Å². The van der Waals surface area contributed by atoms with Crippen molar-refractivity contribution in [2.75, 3.05) is 5.32 Å². The lowest BCUT2D eigenvalue weighted by molar-refractivity contribution is 0.102. The minimum absolute atomic E-state index is 0.0786. The minimum atomic E-state index is -0.521. The molecule has 1 N–H and O–H groups in total.